The van der Waals surface area contributed by atoms with Crippen LogP contribution in [-0.2, 0) is 9.53 Å². The van der Waals surface area contributed by atoms with Crippen LogP contribution in [-0.4, -0.2) is 24.0 Å². The highest BCUT2D eigenvalue weighted by molar-refractivity contribution is 9.10. The van der Waals surface area contributed by atoms with Gasteiger partial charge in [0.1, 0.15) is 12.2 Å². The normalized spacial score (nSPS) is 9.73. The van der Waals surface area contributed by atoms with Gasteiger partial charge in [-0.25, -0.2) is 0 Å². The highest BCUT2D eigenvalue weighted by Crippen LogP contribution is 2.26. The van der Waals surface area contributed by atoms with Crippen molar-refractivity contribution in [3.63, 3.8) is 0 Å². The van der Waals surface area contributed by atoms with Crippen molar-refractivity contribution in [1.29, 1.82) is 0 Å². The summed E-state index contributed by atoms with van der Waals surface area (Å²) in [5.74, 6) is -1.26. The lowest BCUT2D eigenvalue weighted by Crippen LogP contribution is -2.10. The Bertz CT molecular complexity index is 380. The number of ether oxygens (including phenoxy) is 1. The number of aromatic hydroxyl groups is 1. The van der Waals surface area contributed by atoms with E-state index in [9.17, 15) is 14.7 Å². The third-order valence-electron chi connectivity index (χ3n) is 1.80. The molecule has 0 aromatic heterocycles. The van der Waals surface area contributed by atoms with Gasteiger partial charge in [0.15, 0.2) is 5.78 Å². The monoisotopic (exact) mass is 272 g/mol. The van der Waals surface area contributed by atoms with Crippen LogP contribution in [0.1, 0.15) is 16.8 Å². The van der Waals surface area contributed by atoms with Crippen LogP contribution in [0, 0.1) is 0 Å². The predicted molar refractivity (Wildman–Crippen MR) is 56.8 cm³/mol. The van der Waals surface area contributed by atoms with Gasteiger partial charge < -0.3 is 9.84 Å². The van der Waals surface area contributed by atoms with Crippen LogP contribution in [0.4, 0.5) is 0 Å². The molecule has 0 aliphatic rings. The molecule has 0 amide bonds. The van der Waals surface area contributed by atoms with Crippen molar-refractivity contribution < 1.29 is 19.4 Å². The molecule has 0 radical (unpaired) electrons. The molecule has 5 heteroatoms. The lowest BCUT2D eigenvalue weighted by molar-refractivity contribution is -0.139. The minimum atomic E-state index is -0.629. The van der Waals surface area contributed by atoms with Crippen molar-refractivity contribution in [1.82, 2.24) is 0 Å². The molecule has 0 aliphatic heterocycles. The molecule has 80 valence electrons. The van der Waals surface area contributed by atoms with E-state index in [-0.39, 0.29) is 17.7 Å². The Morgan fingerprint density at radius 1 is 1.47 bits per heavy atom. The molecule has 0 aliphatic carbocycles. The molecule has 0 spiro atoms. The number of carbonyl (C=O) groups excluding carboxylic acids is 2. The maximum atomic E-state index is 11.6. The molecule has 0 saturated heterocycles. The van der Waals surface area contributed by atoms with Gasteiger partial charge in [-0.3, -0.25) is 9.59 Å². The number of methoxy groups -OCH3 is 1. The van der Waals surface area contributed by atoms with Crippen molar-refractivity contribution >= 4 is 27.7 Å². The number of phenols is 1. The SMILES string of the molecule is COC(=O)CC(=O)c1c(O)cccc1Br. The zero-order valence-electron chi connectivity index (χ0n) is 7.99. The molecule has 0 saturated carbocycles. The Morgan fingerprint density at radius 2 is 2.13 bits per heavy atom. The van der Waals surface area contributed by atoms with E-state index >= 15 is 0 Å². The maximum absolute atomic E-state index is 11.6. The lowest BCUT2D eigenvalue weighted by Gasteiger charge is -2.04. The lowest BCUT2D eigenvalue weighted by atomic mass is 10.1. The standard InChI is InChI=1S/C10H9BrO4/c1-15-9(14)5-8(13)10-6(11)3-2-4-7(10)12/h2-4,12H,5H2,1H3. The number of hydrogen-bond acceptors (Lipinski definition) is 4. The van der Waals surface area contributed by atoms with E-state index in [4.69, 9.17) is 0 Å². The summed E-state index contributed by atoms with van der Waals surface area (Å²) in [5, 5.41) is 9.44. The fourth-order valence-electron chi connectivity index (χ4n) is 1.08. The van der Waals surface area contributed by atoms with Crippen molar-refractivity contribution in [3.8, 4) is 5.75 Å². The number of rotatable bonds is 3. The van der Waals surface area contributed by atoms with Crippen molar-refractivity contribution in [2.75, 3.05) is 7.11 Å². The number of phenolic OH excluding ortho intramolecular Hbond substituents is 1. The first-order valence-corrected chi connectivity index (χ1v) is 4.93. The topological polar surface area (TPSA) is 63.6 Å². The Labute approximate surface area is 95.0 Å². The molecule has 15 heavy (non-hydrogen) atoms. The van der Waals surface area contributed by atoms with Crippen LogP contribution in [0.25, 0.3) is 0 Å². The summed E-state index contributed by atoms with van der Waals surface area (Å²) in [4.78, 5) is 22.4. The molecule has 1 rings (SSSR count). The number of esters is 1. The summed E-state index contributed by atoms with van der Waals surface area (Å²) in [5.41, 5.74) is 0.0999. The first kappa shape index (κ1) is 11.7. The Hall–Kier alpha value is -1.36. The molecule has 0 unspecified atom stereocenters. The van der Waals surface area contributed by atoms with Crippen molar-refractivity contribution in [2.24, 2.45) is 0 Å². The predicted octanol–water partition coefficient (Wildman–Crippen LogP) is 1.90. The minimum Gasteiger partial charge on any atom is -0.507 e. The smallest absolute Gasteiger partial charge is 0.313 e. The summed E-state index contributed by atoms with van der Waals surface area (Å²) in [6.45, 7) is 0. The first-order chi connectivity index (χ1) is 7.06. The Morgan fingerprint density at radius 3 is 2.67 bits per heavy atom. The van der Waals surface area contributed by atoms with Gasteiger partial charge in [-0.05, 0) is 28.1 Å². The molecule has 0 bridgehead atoms. The fourth-order valence-corrected chi connectivity index (χ4v) is 1.66. The summed E-state index contributed by atoms with van der Waals surface area (Å²) in [6, 6.07) is 4.59. The van der Waals surface area contributed by atoms with Gasteiger partial charge in [0.2, 0.25) is 0 Å². The largest absolute Gasteiger partial charge is 0.507 e. The summed E-state index contributed by atoms with van der Waals surface area (Å²) in [6.07, 6.45) is -0.382. The molecule has 0 heterocycles. The molecule has 1 N–H and O–H groups in total. The van der Waals surface area contributed by atoms with Gasteiger partial charge >= 0.3 is 5.97 Å². The third-order valence-corrected chi connectivity index (χ3v) is 2.46. The van der Waals surface area contributed by atoms with E-state index in [1.807, 2.05) is 0 Å². The summed E-state index contributed by atoms with van der Waals surface area (Å²) < 4.78 is 4.82. The molecule has 4 nitrogen and oxygen atoms in total. The Balaban J connectivity index is 2.96. The van der Waals surface area contributed by atoms with Crippen LogP contribution < -0.4 is 0 Å². The van der Waals surface area contributed by atoms with E-state index in [0.29, 0.717) is 4.47 Å². The average molecular weight is 273 g/mol. The van der Waals surface area contributed by atoms with Crippen LogP contribution in [0.5, 0.6) is 5.75 Å². The highest BCUT2D eigenvalue weighted by Gasteiger charge is 2.18. The molecular weight excluding hydrogens is 264 g/mol. The second kappa shape index (κ2) is 4.93. The molecule has 1 aromatic rings. The zero-order chi connectivity index (χ0) is 11.4. The first-order valence-electron chi connectivity index (χ1n) is 4.13. The number of Topliss-reactive ketones (excluding diaryl/α,β-unsaturated/α-hetero) is 1. The molecule has 0 fully saturated rings. The van der Waals surface area contributed by atoms with Crippen molar-refractivity contribution in [3.05, 3.63) is 28.2 Å². The van der Waals surface area contributed by atoms with E-state index in [0.717, 1.165) is 0 Å². The second-order valence-electron chi connectivity index (χ2n) is 2.81. The van der Waals surface area contributed by atoms with Crippen LogP contribution in [0.15, 0.2) is 22.7 Å². The van der Waals surface area contributed by atoms with Gasteiger partial charge in [-0.2, -0.15) is 0 Å². The molecular formula is C10H9BrO4. The van der Waals surface area contributed by atoms with E-state index in [2.05, 4.69) is 20.7 Å². The van der Waals surface area contributed by atoms with Crippen LogP contribution in [0.3, 0.4) is 0 Å². The highest BCUT2D eigenvalue weighted by atomic mass is 79.9. The number of ketones is 1. The maximum Gasteiger partial charge on any atom is 0.313 e. The van der Waals surface area contributed by atoms with Crippen LogP contribution in [0.2, 0.25) is 0 Å². The van der Waals surface area contributed by atoms with Crippen molar-refractivity contribution in [2.45, 2.75) is 6.42 Å². The summed E-state index contributed by atoms with van der Waals surface area (Å²) in [7, 11) is 1.20. The average Bonchev–Trinajstić information content (AvgIpc) is 2.17. The third kappa shape index (κ3) is 2.79. The number of hydrogen-bond donors (Lipinski definition) is 1. The quantitative estimate of drug-likeness (QED) is 0.519. The van der Waals surface area contributed by atoms with Gasteiger partial charge in [0, 0.05) is 4.47 Å². The fraction of sp³-hybridized carbons (Fsp3) is 0.200. The minimum absolute atomic E-state index is 0.0999. The Kier molecular flexibility index (Phi) is 3.85. The van der Waals surface area contributed by atoms with Crippen LogP contribution >= 0.6 is 15.9 Å². The molecule has 1 aromatic carbocycles. The van der Waals surface area contributed by atoms with Gasteiger partial charge in [0.05, 0.1) is 12.7 Å². The zero-order valence-corrected chi connectivity index (χ0v) is 9.58. The van der Waals surface area contributed by atoms with Gasteiger partial charge in [-0.1, -0.05) is 6.07 Å². The number of benzene rings is 1. The van der Waals surface area contributed by atoms with Gasteiger partial charge in [-0.15, -0.1) is 0 Å². The number of halogens is 1. The molecule has 0 atom stereocenters. The van der Waals surface area contributed by atoms with E-state index in [1.54, 1.807) is 12.1 Å². The van der Waals surface area contributed by atoms with Gasteiger partial charge in [0.25, 0.3) is 0 Å². The van der Waals surface area contributed by atoms with E-state index < -0.39 is 11.8 Å². The second-order valence-corrected chi connectivity index (χ2v) is 3.66. The van der Waals surface area contributed by atoms with E-state index in [1.165, 1.54) is 13.2 Å². The summed E-state index contributed by atoms with van der Waals surface area (Å²) >= 11 is 3.13. The number of carbonyl (C=O) groups is 2.